The lowest BCUT2D eigenvalue weighted by Gasteiger charge is -2.11. The number of nitrogens with zero attached hydrogens (tertiary/aromatic N) is 3. The quantitative estimate of drug-likeness (QED) is 0.174. The highest BCUT2D eigenvalue weighted by molar-refractivity contribution is 6.20. The Morgan fingerprint density at radius 1 is 0.302 bits per heavy atom. The van der Waals surface area contributed by atoms with Crippen molar-refractivity contribution in [2.24, 2.45) is 0 Å². The number of rotatable bonds is 4. The molecule has 0 fully saturated rings. The molecule has 0 radical (unpaired) electrons. The van der Waals surface area contributed by atoms with E-state index >= 15 is 0 Å². The Hall–Kier alpha value is -7.17. The standard InChI is InChI=1S/C49H29N3O/c1-3-11-30(12-4-1)43-29-44-41-26-22-35(28-45(41)53-46(44)42-18-10-9-17-38(42)43)49-51-47(32-14-5-2-6-15-32)50-48(52-49)34-21-23-37-33(27-34)20-25-39-36-16-8-7-13-31(36)19-24-40(37)39/h1-29H. The number of hydrogen-bond donors (Lipinski definition) is 0. The highest BCUT2D eigenvalue weighted by Gasteiger charge is 2.18. The largest absolute Gasteiger partial charge is 0.455 e. The lowest BCUT2D eigenvalue weighted by atomic mass is 9.95. The summed E-state index contributed by atoms with van der Waals surface area (Å²) < 4.78 is 6.69. The predicted molar refractivity (Wildman–Crippen MR) is 219 cm³/mol. The maximum Gasteiger partial charge on any atom is 0.164 e. The minimum absolute atomic E-state index is 0.594. The molecule has 0 N–H and O–H groups in total. The third-order valence-corrected chi connectivity index (χ3v) is 10.5. The summed E-state index contributed by atoms with van der Waals surface area (Å²) in [7, 11) is 0. The summed E-state index contributed by atoms with van der Waals surface area (Å²) in [6, 6.07) is 61.6. The van der Waals surface area contributed by atoms with Crippen molar-refractivity contribution in [1.82, 2.24) is 15.0 Å². The van der Waals surface area contributed by atoms with Crippen molar-refractivity contribution in [2.45, 2.75) is 0 Å². The van der Waals surface area contributed by atoms with Gasteiger partial charge in [0.2, 0.25) is 0 Å². The van der Waals surface area contributed by atoms with Crippen LogP contribution in [0.4, 0.5) is 0 Å². The van der Waals surface area contributed by atoms with Gasteiger partial charge in [-0.25, -0.2) is 15.0 Å². The first-order valence-electron chi connectivity index (χ1n) is 17.9. The average Bonchev–Trinajstić information content (AvgIpc) is 3.61. The minimum Gasteiger partial charge on any atom is -0.455 e. The van der Waals surface area contributed by atoms with Crippen molar-refractivity contribution in [1.29, 1.82) is 0 Å². The van der Waals surface area contributed by atoms with Crippen molar-refractivity contribution < 1.29 is 4.42 Å². The molecule has 0 bridgehead atoms. The molecule has 0 atom stereocenters. The molecule has 0 aliphatic heterocycles. The smallest absolute Gasteiger partial charge is 0.164 e. The van der Waals surface area contributed by atoms with Gasteiger partial charge < -0.3 is 4.42 Å². The second-order valence-corrected chi connectivity index (χ2v) is 13.6. The first kappa shape index (κ1) is 29.5. The molecule has 11 rings (SSSR count). The zero-order valence-corrected chi connectivity index (χ0v) is 28.5. The van der Waals surface area contributed by atoms with Crippen LogP contribution in [-0.2, 0) is 0 Å². The summed E-state index contributed by atoms with van der Waals surface area (Å²) in [4.78, 5) is 15.2. The molecular weight excluding hydrogens is 647 g/mol. The fourth-order valence-corrected chi connectivity index (χ4v) is 7.91. The van der Waals surface area contributed by atoms with Gasteiger partial charge in [0.15, 0.2) is 17.5 Å². The fourth-order valence-electron chi connectivity index (χ4n) is 7.91. The summed E-state index contributed by atoms with van der Waals surface area (Å²) in [6.07, 6.45) is 0. The lowest BCUT2D eigenvalue weighted by Crippen LogP contribution is -2.00. The molecule has 0 aliphatic carbocycles. The van der Waals surface area contributed by atoms with Crippen LogP contribution in [0.15, 0.2) is 180 Å². The van der Waals surface area contributed by atoms with Crippen LogP contribution in [0.5, 0.6) is 0 Å². The maximum absolute atomic E-state index is 6.69. The van der Waals surface area contributed by atoms with Crippen LogP contribution in [0.1, 0.15) is 0 Å². The molecule has 0 aliphatic rings. The molecule has 2 heterocycles. The SMILES string of the molecule is c1ccc(-c2nc(-c3ccc4c(ccc5c6ccccc6ccc45)c3)nc(-c3ccc4c(c3)oc3c5ccccc5c(-c5ccccc5)cc43)n2)cc1. The molecule has 0 saturated heterocycles. The van der Waals surface area contributed by atoms with Crippen LogP contribution >= 0.6 is 0 Å². The van der Waals surface area contributed by atoms with E-state index in [0.717, 1.165) is 54.8 Å². The van der Waals surface area contributed by atoms with E-state index in [9.17, 15) is 0 Å². The van der Waals surface area contributed by atoms with E-state index in [2.05, 4.69) is 146 Å². The van der Waals surface area contributed by atoms with E-state index in [1.807, 2.05) is 30.3 Å². The number of fused-ring (bicyclic) bond motifs is 10. The van der Waals surface area contributed by atoms with Gasteiger partial charge >= 0.3 is 0 Å². The molecule has 0 amide bonds. The van der Waals surface area contributed by atoms with Crippen LogP contribution in [0.2, 0.25) is 0 Å². The summed E-state index contributed by atoms with van der Waals surface area (Å²) in [5, 5.41) is 11.7. The van der Waals surface area contributed by atoms with Gasteiger partial charge in [-0.2, -0.15) is 0 Å². The van der Waals surface area contributed by atoms with Gasteiger partial charge in [-0.3, -0.25) is 0 Å². The molecule has 2 aromatic heterocycles. The Morgan fingerprint density at radius 3 is 1.57 bits per heavy atom. The Kier molecular flexibility index (Phi) is 6.52. The molecule has 9 aromatic carbocycles. The monoisotopic (exact) mass is 675 g/mol. The highest BCUT2D eigenvalue weighted by atomic mass is 16.3. The summed E-state index contributed by atoms with van der Waals surface area (Å²) >= 11 is 0. The first-order valence-corrected chi connectivity index (χ1v) is 17.9. The summed E-state index contributed by atoms with van der Waals surface area (Å²) in [5.74, 6) is 1.84. The van der Waals surface area contributed by atoms with Gasteiger partial charge in [0.1, 0.15) is 11.2 Å². The molecule has 246 valence electrons. The molecule has 11 aromatic rings. The van der Waals surface area contributed by atoms with E-state index in [0.29, 0.717) is 17.5 Å². The molecule has 0 spiro atoms. The minimum atomic E-state index is 0.594. The normalized spacial score (nSPS) is 11.8. The predicted octanol–water partition coefficient (Wildman–Crippen LogP) is 13.1. The van der Waals surface area contributed by atoms with Crippen molar-refractivity contribution in [3.8, 4) is 45.3 Å². The molecule has 4 nitrogen and oxygen atoms in total. The number of aromatic nitrogens is 3. The highest BCUT2D eigenvalue weighted by Crippen LogP contribution is 2.41. The number of furan rings is 1. The molecule has 53 heavy (non-hydrogen) atoms. The van der Waals surface area contributed by atoms with Gasteiger partial charge in [0, 0.05) is 32.8 Å². The third-order valence-electron chi connectivity index (χ3n) is 10.5. The second-order valence-electron chi connectivity index (χ2n) is 13.6. The number of hydrogen-bond acceptors (Lipinski definition) is 4. The van der Waals surface area contributed by atoms with E-state index in [1.165, 1.54) is 38.1 Å². The van der Waals surface area contributed by atoms with Crippen LogP contribution in [0.3, 0.4) is 0 Å². The Bertz CT molecular complexity index is 3220. The fraction of sp³-hybridized carbons (Fsp3) is 0. The molecular formula is C49H29N3O. The maximum atomic E-state index is 6.69. The Morgan fingerprint density at radius 2 is 0.830 bits per heavy atom. The van der Waals surface area contributed by atoms with Crippen molar-refractivity contribution in [3.05, 3.63) is 176 Å². The molecule has 0 unspecified atom stereocenters. The summed E-state index contributed by atoms with van der Waals surface area (Å²) in [5.41, 5.74) is 6.77. The van der Waals surface area contributed by atoms with Crippen LogP contribution in [0, 0.1) is 0 Å². The summed E-state index contributed by atoms with van der Waals surface area (Å²) in [6.45, 7) is 0. The average molecular weight is 676 g/mol. The number of benzene rings is 9. The topological polar surface area (TPSA) is 51.8 Å². The zero-order chi connectivity index (χ0) is 34.9. The van der Waals surface area contributed by atoms with E-state index < -0.39 is 0 Å². The lowest BCUT2D eigenvalue weighted by molar-refractivity contribution is 0.673. The second kappa shape index (κ2) is 11.7. The zero-order valence-electron chi connectivity index (χ0n) is 28.5. The van der Waals surface area contributed by atoms with Gasteiger partial charge in [0.25, 0.3) is 0 Å². The van der Waals surface area contributed by atoms with E-state index in [-0.39, 0.29) is 0 Å². The third kappa shape index (κ3) is 4.80. The van der Waals surface area contributed by atoms with Crippen molar-refractivity contribution in [3.63, 3.8) is 0 Å². The molecule has 4 heteroatoms. The molecule has 0 saturated carbocycles. The van der Waals surface area contributed by atoms with Gasteiger partial charge in [-0.1, -0.05) is 152 Å². The van der Waals surface area contributed by atoms with E-state index in [1.54, 1.807) is 0 Å². The van der Waals surface area contributed by atoms with Crippen molar-refractivity contribution in [2.75, 3.05) is 0 Å². The first-order chi connectivity index (χ1) is 26.2. The van der Waals surface area contributed by atoms with Gasteiger partial charge in [-0.15, -0.1) is 0 Å². The van der Waals surface area contributed by atoms with Crippen LogP contribution in [0.25, 0.3) is 110 Å². The van der Waals surface area contributed by atoms with E-state index in [4.69, 9.17) is 19.4 Å². The van der Waals surface area contributed by atoms with Crippen molar-refractivity contribution >= 4 is 65.0 Å². The van der Waals surface area contributed by atoms with Crippen LogP contribution in [-0.4, -0.2) is 15.0 Å². The van der Waals surface area contributed by atoms with Gasteiger partial charge in [0.05, 0.1) is 0 Å². The Balaban J connectivity index is 1.08. The Labute approximate surface area is 304 Å². The van der Waals surface area contributed by atoms with Crippen LogP contribution < -0.4 is 0 Å². The van der Waals surface area contributed by atoms with Gasteiger partial charge in [-0.05, 0) is 73.1 Å².